The highest BCUT2D eigenvalue weighted by atomic mass is 16.4. The molecule has 0 saturated heterocycles. The second-order valence-corrected chi connectivity index (χ2v) is 8.24. The van der Waals surface area contributed by atoms with Gasteiger partial charge in [-0.3, -0.25) is 4.79 Å². The first-order valence-electron chi connectivity index (χ1n) is 11.4. The van der Waals surface area contributed by atoms with Crippen LogP contribution in [0.2, 0.25) is 0 Å². The molecule has 0 fully saturated rings. The lowest BCUT2D eigenvalue weighted by atomic mass is 9.68. The number of carbonyl (C=O) groups excluding carboxylic acids is 1. The number of carboxylic acids is 1. The van der Waals surface area contributed by atoms with E-state index in [4.69, 9.17) is 0 Å². The van der Waals surface area contributed by atoms with Gasteiger partial charge in [0.1, 0.15) is 11.5 Å². The van der Waals surface area contributed by atoms with Gasteiger partial charge in [-0.1, -0.05) is 121 Å². The van der Waals surface area contributed by atoms with Crippen LogP contribution in [-0.4, -0.2) is 23.0 Å². The van der Waals surface area contributed by atoms with E-state index >= 15 is 0 Å². The number of carbonyl (C=O) groups is 2. The molecule has 4 heteroatoms. The summed E-state index contributed by atoms with van der Waals surface area (Å²) in [7, 11) is 0. The van der Waals surface area contributed by atoms with E-state index in [-0.39, 0.29) is 5.91 Å². The summed E-state index contributed by atoms with van der Waals surface area (Å²) in [5, 5.41) is 12.8. The van der Waals surface area contributed by atoms with E-state index < -0.39 is 17.4 Å². The van der Waals surface area contributed by atoms with Gasteiger partial charge in [0, 0.05) is 0 Å². The molecule has 1 amide bonds. The summed E-state index contributed by atoms with van der Waals surface area (Å²) in [6, 6.07) is 37.3. The first kappa shape index (κ1) is 23.0. The first-order chi connectivity index (χ1) is 16.6. The van der Waals surface area contributed by atoms with Crippen molar-refractivity contribution in [3.63, 3.8) is 0 Å². The van der Waals surface area contributed by atoms with Crippen LogP contribution in [0.1, 0.15) is 28.7 Å². The third-order valence-corrected chi connectivity index (χ3v) is 6.13. The molecule has 2 N–H and O–H groups in total. The molecule has 4 rings (SSSR count). The number of nitrogens with one attached hydrogen (secondary N) is 1. The minimum atomic E-state index is -1.20. The van der Waals surface area contributed by atoms with Crippen molar-refractivity contribution in [1.29, 1.82) is 0 Å². The van der Waals surface area contributed by atoms with Crippen molar-refractivity contribution in [3.8, 4) is 0 Å². The maximum absolute atomic E-state index is 14.2. The van der Waals surface area contributed by atoms with Crippen LogP contribution < -0.4 is 5.32 Å². The molecular weight excluding hydrogens is 422 g/mol. The molecular formula is C30H27NO3. The van der Waals surface area contributed by atoms with E-state index in [1.54, 1.807) is 0 Å². The van der Waals surface area contributed by atoms with Crippen molar-refractivity contribution in [3.05, 3.63) is 144 Å². The Morgan fingerprint density at radius 1 is 0.647 bits per heavy atom. The zero-order chi connectivity index (χ0) is 23.8. The Morgan fingerprint density at radius 3 is 1.41 bits per heavy atom. The SMILES string of the molecule is O=C(O)[C@@H](CCc1ccccc1)NC(=O)C(c1ccccc1)(c1ccccc1)c1ccccc1. The summed E-state index contributed by atoms with van der Waals surface area (Å²) >= 11 is 0. The number of hydrogen-bond donors (Lipinski definition) is 2. The lowest BCUT2D eigenvalue weighted by Crippen LogP contribution is -2.52. The van der Waals surface area contributed by atoms with Crippen LogP contribution >= 0.6 is 0 Å². The number of hydrogen-bond acceptors (Lipinski definition) is 2. The highest BCUT2D eigenvalue weighted by molar-refractivity contribution is 5.98. The van der Waals surface area contributed by atoms with Crippen molar-refractivity contribution >= 4 is 11.9 Å². The van der Waals surface area contributed by atoms with Crippen LogP contribution in [-0.2, 0) is 21.4 Å². The van der Waals surface area contributed by atoms with Crippen LogP contribution in [0.15, 0.2) is 121 Å². The highest BCUT2D eigenvalue weighted by Gasteiger charge is 2.44. The lowest BCUT2D eigenvalue weighted by Gasteiger charge is -2.35. The molecule has 1 atom stereocenters. The summed E-state index contributed by atoms with van der Waals surface area (Å²) in [5.74, 6) is -1.41. The number of aliphatic carboxylic acids is 1. The zero-order valence-electron chi connectivity index (χ0n) is 18.8. The lowest BCUT2D eigenvalue weighted by molar-refractivity contribution is -0.142. The van der Waals surface area contributed by atoms with Gasteiger partial charge in [0.25, 0.3) is 0 Å². The standard InChI is InChI=1S/C30H27NO3/c32-28(33)27(22-21-23-13-5-1-6-14-23)31-29(34)30(24-15-7-2-8-16-24,25-17-9-3-10-18-25)26-19-11-4-12-20-26/h1-20,27H,21-22H2,(H,31,34)(H,32,33)/t27-/m1/s1. The molecule has 0 unspecified atom stereocenters. The van der Waals surface area contributed by atoms with E-state index in [0.717, 1.165) is 22.3 Å². The smallest absolute Gasteiger partial charge is 0.326 e. The highest BCUT2D eigenvalue weighted by Crippen LogP contribution is 2.39. The summed E-state index contributed by atoms with van der Waals surface area (Å²) in [6.45, 7) is 0. The van der Waals surface area contributed by atoms with E-state index in [0.29, 0.717) is 12.8 Å². The summed E-state index contributed by atoms with van der Waals surface area (Å²) < 4.78 is 0. The average Bonchev–Trinajstić information content (AvgIpc) is 2.89. The van der Waals surface area contributed by atoms with Gasteiger partial charge >= 0.3 is 5.97 Å². The van der Waals surface area contributed by atoms with E-state index in [9.17, 15) is 14.7 Å². The summed E-state index contributed by atoms with van der Waals surface area (Å²) in [4.78, 5) is 26.4. The molecule has 0 spiro atoms. The predicted octanol–water partition coefficient (Wildman–Crippen LogP) is 5.22. The van der Waals surface area contributed by atoms with E-state index in [2.05, 4.69) is 5.32 Å². The average molecular weight is 450 g/mol. The van der Waals surface area contributed by atoms with E-state index in [1.165, 1.54) is 0 Å². The van der Waals surface area contributed by atoms with Crippen LogP contribution in [0.25, 0.3) is 0 Å². The molecule has 0 radical (unpaired) electrons. The molecule has 4 aromatic rings. The number of carboxylic acid groups (broad SMARTS) is 1. The Hall–Kier alpha value is -4.18. The number of amides is 1. The molecule has 4 aromatic carbocycles. The Kier molecular flexibility index (Phi) is 7.19. The fraction of sp³-hybridized carbons (Fsp3) is 0.133. The molecule has 170 valence electrons. The minimum Gasteiger partial charge on any atom is -0.480 e. The second-order valence-electron chi connectivity index (χ2n) is 8.24. The van der Waals surface area contributed by atoms with Gasteiger partial charge in [0.15, 0.2) is 0 Å². The monoisotopic (exact) mass is 449 g/mol. The molecule has 0 heterocycles. The zero-order valence-corrected chi connectivity index (χ0v) is 18.8. The molecule has 0 aliphatic carbocycles. The third-order valence-electron chi connectivity index (χ3n) is 6.13. The van der Waals surface area contributed by atoms with Crippen molar-refractivity contribution in [1.82, 2.24) is 5.32 Å². The Labute approximate surface area is 199 Å². The van der Waals surface area contributed by atoms with Gasteiger partial charge in [-0.2, -0.15) is 0 Å². The summed E-state index contributed by atoms with van der Waals surface area (Å²) in [5.41, 5.74) is 2.15. The largest absolute Gasteiger partial charge is 0.480 e. The molecule has 0 saturated carbocycles. The predicted molar refractivity (Wildman–Crippen MR) is 134 cm³/mol. The molecule has 4 nitrogen and oxygen atoms in total. The number of aryl methyl sites for hydroxylation is 1. The van der Waals surface area contributed by atoms with Gasteiger partial charge in [-0.15, -0.1) is 0 Å². The fourth-order valence-corrected chi connectivity index (χ4v) is 4.44. The van der Waals surface area contributed by atoms with Crippen LogP contribution in [0.4, 0.5) is 0 Å². The maximum atomic E-state index is 14.2. The van der Waals surface area contributed by atoms with Gasteiger partial charge in [0.2, 0.25) is 5.91 Å². The maximum Gasteiger partial charge on any atom is 0.326 e. The Morgan fingerprint density at radius 2 is 1.03 bits per heavy atom. The van der Waals surface area contributed by atoms with Crippen LogP contribution in [0.3, 0.4) is 0 Å². The van der Waals surface area contributed by atoms with Crippen molar-refractivity contribution in [2.45, 2.75) is 24.3 Å². The Balaban J connectivity index is 1.78. The van der Waals surface area contributed by atoms with Gasteiger partial charge in [-0.05, 0) is 35.1 Å². The topological polar surface area (TPSA) is 66.4 Å². The van der Waals surface area contributed by atoms with Crippen molar-refractivity contribution in [2.24, 2.45) is 0 Å². The molecule has 0 aromatic heterocycles. The molecule has 0 bridgehead atoms. The fourth-order valence-electron chi connectivity index (χ4n) is 4.44. The Bertz CT molecular complexity index is 1110. The first-order valence-corrected chi connectivity index (χ1v) is 11.4. The van der Waals surface area contributed by atoms with Crippen molar-refractivity contribution < 1.29 is 14.7 Å². The molecule has 0 aliphatic heterocycles. The molecule has 34 heavy (non-hydrogen) atoms. The normalized spacial score (nSPS) is 12.0. The van der Waals surface area contributed by atoms with Crippen LogP contribution in [0.5, 0.6) is 0 Å². The number of rotatable bonds is 9. The minimum absolute atomic E-state index is 0.291. The van der Waals surface area contributed by atoms with Crippen molar-refractivity contribution in [2.75, 3.05) is 0 Å². The van der Waals surface area contributed by atoms with Gasteiger partial charge in [-0.25, -0.2) is 4.79 Å². The second kappa shape index (κ2) is 10.6. The van der Waals surface area contributed by atoms with Crippen LogP contribution in [0, 0.1) is 0 Å². The number of benzene rings is 4. The summed E-state index contributed by atoms with van der Waals surface area (Å²) in [6.07, 6.45) is 0.840. The molecule has 0 aliphatic rings. The van der Waals surface area contributed by atoms with E-state index in [1.807, 2.05) is 121 Å². The van der Waals surface area contributed by atoms with Gasteiger partial charge < -0.3 is 10.4 Å². The quantitative estimate of drug-likeness (QED) is 0.344. The van der Waals surface area contributed by atoms with Gasteiger partial charge in [0.05, 0.1) is 0 Å². The third kappa shape index (κ3) is 4.76.